The van der Waals surface area contributed by atoms with E-state index in [-0.39, 0.29) is 19.0 Å². The Bertz CT molecular complexity index is 390. The zero-order valence-electron chi connectivity index (χ0n) is 12.7. The number of hydrogen-bond donors (Lipinski definition) is 4. The molecule has 0 saturated heterocycles. The Morgan fingerprint density at radius 2 is 1.76 bits per heavy atom. The number of urea groups is 1. The standard InChI is InChI=1S/C14H25N3O4/c1-3-15-11(18)8-16-13(21)17-9-14(12(19)20)6-4-10(2)5-7-14/h10H,3-9H2,1-2H3,(H,15,18)(H,19,20)(H2,16,17,21). The van der Waals surface area contributed by atoms with Crippen molar-refractivity contribution in [2.45, 2.75) is 39.5 Å². The third-order valence-corrected chi connectivity index (χ3v) is 4.06. The summed E-state index contributed by atoms with van der Waals surface area (Å²) in [6.07, 6.45) is 2.85. The topological polar surface area (TPSA) is 108 Å². The molecule has 0 spiro atoms. The van der Waals surface area contributed by atoms with Gasteiger partial charge in [-0.3, -0.25) is 9.59 Å². The first-order chi connectivity index (χ1) is 9.89. The highest BCUT2D eigenvalue weighted by atomic mass is 16.4. The normalized spacial score (nSPS) is 25.0. The maximum atomic E-state index is 11.6. The van der Waals surface area contributed by atoms with Crippen LogP contribution in [-0.4, -0.2) is 42.6 Å². The number of carboxylic acids is 1. The molecule has 0 aromatic carbocycles. The molecular formula is C14H25N3O4. The molecular weight excluding hydrogens is 274 g/mol. The van der Waals surface area contributed by atoms with E-state index in [2.05, 4.69) is 22.9 Å². The Kier molecular flexibility index (Phi) is 6.45. The first-order valence-electron chi connectivity index (χ1n) is 7.41. The van der Waals surface area contributed by atoms with Crippen LogP contribution in [0.2, 0.25) is 0 Å². The first kappa shape index (κ1) is 17.3. The largest absolute Gasteiger partial charge is 0.481 e. The zero-order valence-corrected chi connectivity index (χ0v) is 12.7. The van der Waals surface area contributed by atoms with E-state index >= 15 is 0 Å². The molecule has 1 rings (SSSR count). The summed E-state index contributed by atoms with van der Waals surface area (Å²) in [7, 11) is 0. The number of rotatable bonds is 6. The minimum absolute atomic E-state index is 0.0935. The van der Waals surface area contributed by atoms with E-state index in [1.807, 2.05) is 0 Å². The molecule has 1 fully saturated rings. The van der Waals surface area contributed by atoms with Crippen LogP contribution in [0.5, 0.6) is 0 Å². The molecule has 0 bridgehead atoms. The fourth-order valence-electron chi connectivity index (χ4n) is 2.51. The molecule has 21 heavy (non-hydrogen) atoms. The smallest absolute Gasteiger partial charge is 0.315 e. The second-order valence-electron chi connectivity index (χ2n) is 5.76. The highest BCUT2D eigenvalue weighted by molar-refractivity contribution is 5.84. The van der Waals surface area contributed by atoms with E-state index in [0.717, 1.165) is 12.8 Å². The maximum absolute atomic E-state index is 11.6. The van der Waals surface area contributed by atoms with Crippen molar-refractivity contribution in [3.05, 3.63) is 0 Å². The van der Waals surface area contributed by atoms with Crippen LogP contribution in [0.3, 0.4) is 0 Å². The predicted molar refractivity (Wildman–Crippen MR) is 77.8 cm³/mol. The number of hydrogen-bond acceptors (Lipinski definition) is 3. The number of carboxylic acid groups (broad SMARTS) is 1. The summed E-state index contributed by atoms with van der Waals surface area (Å²) in [6, 6.07) is -0.513. The lowest BCUT2D eigenvalue weighted by molar-refractivity contribution is -0.151. The van der Waals surface area contributed by atoms with Crippen LogP contribution in [0.4, 0.5) is 4.79 Å². The highest BCUT2D eigenvalue weighted by Gasteiger charge is 2.41. The van der Waals surface area contributed by atoms with Crippen molar-refractivity contribution < 1.29 is 19.5 Å². The number of likely N-dealkylation sites (N-methyl/N-ethyl adjacent to an activating group) is 1. The molecule has 0 aliphatic heterocycles. The van der Waals surface area contributed by atoms with E-state index in [9.17, 15) is 19.5 Å². The van der Waals surface area contributed by atoms with Crippen molar-refractivity contribution in [2.24, 2.45) is 11.3 Å². The van der Waals surface area contributed by atoms with Crippen LogP contribution in [-0.2, 0) is 9.59 Å². The van der Waals surface area contributed by atoms with E-state index in [0.29, 0.717) is 25.3 Å². The maximum Gasteiger partial charge on any atom is 0.315 e. The summed E-state index contributed by atoms with van der Waals surface area (Å²) in [4.78, 5) is 34.4. The van der Waals surface area contributed by atoms with E-state index in [4.69, 9.17) is 0 Å². The lowest BCUT2D eigenvalue weighted by Crippen LogP contribution is -2.49. The number of aliphatic carboxylic acids is 1. The van der Waals surface area contributed by atoms with Gasteiger partial charge in [-0.2, -0.15) is 0 Å². The molecule has 0 radical (unpaired) electrons. The Morgan fingerprint density at radius 1 is 1.14 bits per heavy atom. The molecule has 0 unspecified atom stereocenters. The van der Waals surface area contributed by atoms with Gasteiger partial charge in [0, 0.05) is 13.1 Å². The number of carbonyl (C=O) groups is 3. The molecule has 4 N–H and O–H groups in total. The summed E-state index contributed by atoms with van der Waals surface area (Å²) in [5.74, 6) is -0.602. The lowest BCUT2D eigenvalue weighted by atomic mass is 9.71. The van der Waals surface area contributed by atoms with Crippen LogP contribution < -0.4 is 16.0 Å². The average molecular weight is 299 g/mol. The minimum atomic E-state index is -0.879. The SMILES string of the molecule is CCNC(=O)CNC(=O)NCC1(C(=O)O)CCC(C)CC1. The van der Waals surface area contributed by atoms with Gasteiger partial charge in [0.2, 0.25) is 5.91 Å². The Hall–Kier alpha value is -1.79. The number of carbonyl (C=O) groups excluding carboxylic acids is 2. The Balaban J connectivity index is 2.41. The van der Waals surface area contributed by atoms with Crippen LogP contribution in [0.1, 0.15) is 39.5 Å². The molecule has 120 valence electrons. The zero-order chi connectivity index (χ0) is 15.9. The summed E-state index contributed by atoms with van der Waals surface area (Å²) in [6.45, 7) is 4.38. The lowest BCUT2D eigenvalue weighted by Gasteiger charge is -2.35. The summed E-state index contributed by atoms with van der Waals surface area (Å²) in [5, 5.41) is 17.0. The van der Waals surface area contributed by atoms with Crippen LogP contribution in [0, 0.1) is 11.3 Å². The van der Waals surface area contributed by atoms with Crippen molar-refractivity contribution in [2.75, 3.05) is 19.6 Å². The fraction of sp³-hybridized carbons (Fsp3) is 0.786. The van der Waals surface area contributed by atoms with Crippen molar-refractivity contribution in [1.82, 2.24) is 16.0 Å². The van der Waals surface area contributed by atoms with Gasteiger partial charge in [0.15, 0.2) is 0 Å². The van der Waals surface area contributed by atoms with Crippen molar-refractivity contribution in [1.29, 1.82) is 0 Å². The van der Waals surface area contributed by atoms with Crippen molar-refractivity contribution in [3.63, 3.8) is 0 Å². The van der Waals surface area contributed by atoms with E-state index in [1.165, 1.54) is 0 Å². The van der Waals surface area contributed by atoms with Crippen LogP contribution >= 0.6 is 0 Å². The molecule has 1 saturated carbocycles. The van der Waals surface area contributed by atoms with Crippen molar-refractivity contribution in [3.8, 4) is 0 Å². The monoisotopic (exact) mass is 299 g/mol. The van der Waals surface area contributed by atoms with E-state index < -0.39 is 17.4 Å². The van der Waals surface area contributed by atoms with Gasteiger partial charge in [-0.05, 0) is 38.5 Å². The fourth-order valence-corrected chi connectivity index (χ4v) is 2.51. The van der Waals surface area contributed by atoms with Crippen LogP contribution in [0.15, 0.2) is 0 Å². The van der Waals surface area contributed by atoms with Gasteiger partial charge >= 0.3 is 12.0 Å². The van der Waals surface area contributed by atoms with Gasteiger partial charge in [-0.15, -0.1) is 0 Å². The van der Waals surface area contributed by atoms with E-state index in [1.54, 1.807) is 6.92 Å². The third-order valence-electron chi connectivity index (χ3n) is 4.06. The van der Waals surface area contributed by atoms with Gasteiger partial charge in [0.1, 0.15) is 0 Å². The molecule has 1 aliphatic carbocycles. The average Bonchev–Trinajstić information content (AvgIpc) is 2.45. The molecule has 0 atom stereocenters. The molecule has 1 aliphatic rings. The molecule has 0 heterocycles. The van der Waals surface area contributed by atoms with Gasteiger partial charge in [-0.1, -0.05) is 6.92 Å². The number of nitrogens with one attached hydrogen (secondary N) is 3. The Morgan fingerprint density at radius 3 is 2.29 bits per heavy atom. The van der Waals surface area contributed by atoms with Gasteiger partial charge in [-0.25, -0.2) is 4.79 Å². The molecule has 7 heteroatoms. The first-order valence-corrected chi connectivity index (χ1v) is 7.41. The molecule has 3 amide bonds. The Labute approximate surface area is 124 Å². The van der Waals surface area contributed by atoms with Gasteiger partial charge in [0.25, 0.3) is 0 Å². The van der Waals surface area contributed by atoms with Crippen LogP contribution in [0.25, 0.3) is 0 Å². The highest BCUT2D eigenvalue weighted by Crippen LogP contribution is 2.38. The van der Waals surface area contributed by atoms with Crippen molar-refractivity contribution >= 4 is 17.9 Å². The summed E-state index contributed by atoms with van der Waals surface area (Å²) in [5.41, 5.74) is -0.879. The summed E-state index contributed by atoms with van der Waals surface area (Å²) >= 11 is 0. The minimum Gasteiger partial charge on any atom is -0.481 e. The molecule has 0 aromatic heterocycles. The second kappa shape index (κ2) is 7.85. The van der Waals surface area contributed by atoms with Gasteiger partial charge < -0.3 is 21.1 Å². The molecule has 0 aromatic rings. The third kappa shape index (κ3) is 5.24. The quantitative estimate of drug-likeness (QED) is 0.579. The van der Waals surface area contributed by atoms with Gasteiger partial charge in [0.05, 0.1) is 12.0 Å². The summed E-state index contributed by atoms with van der Waals surface area (Å²) < 4.78 is 0. The second-order valence-corrected chi connectivity index (χ2v) is 5.76. The molecule has 7 nitrogen and oxygen atoms in total. The predicted octanol–water partition coefficient (Wildman–Crippen LogP) is 0.703. The number of amides is 3.